The monoisotopic (exact) mass is 426 g/mol. The smallest absolute Gasteiger partial charge is 0.133 e. The first kappa shape index (κ1) is 21.0. The van der Waals surface area contributed by atoms with Gasteiger partial charge in [-0.05, 0) is 55.5 Å². The van der Waals surface area contributed by atoms with Crippen LogP contribution in [0.4, 0.5) is 4.39 Å². The van der Waals surface area contributed by atoms with Crippen molar-refractivity contribution in [2.75, 3.05) is 7.11 Å². The molecular weight excluding hydrogens is 399 g/mol. The quantitative estimate of drug-likeness (QED) is 0.560. The molecule has 0 spiro atoms. The summed E-state index contributed by atoms with van der Waals surface area (Å²) in [6, 6.07) is 15.3. The molecule has 4 rings (SSSR count). The molecule has 0 aliphatic heterocycles. The summed E-state index contributed by atoms with van der Waals surface area (Å²) in [5.41, 5.74) is 2.69. The van der Waals surface area contributed by atoms with Crippen LogP contribution in [0, 0.1) is 5.82 Å². The molecule has 1 aliphatic rings. The Labute approximate surface area is 181 Å². The van der Waals surface area contributed by atoms with Gasteiger partial charge in [0.1, 0.15) is 16.6 Å². The summed E-state index contributed by atoms with van der Waals surface area (Å²) < 4.78 is 19.5. The topological polar surface area (TPSA) is 45.6 Å². The first-order valence-corrected chi connectivity index (χ1v) is 11.2. The number of halogens is 1. The van der Waals surface area contributed by atoms with Crippen molar-refractivity contribution in [2.24, 2.45) is 0 Å². The highest BCUT2D eigenvalue weighted by atomic mass is 32.1. The zero-order valence-corrected chi connectivity index (χ0v) is 17.9. The molecule has 1 fully saturated rings. The van der Waals surface area contributed by atoms with Gasteiger partial charge in [-0.25, -0.2) is 9.37 Å². The third-order valence-corrected chi connectivity index (χ3v) is 6.65. The fourth-order valence-electron chi connectivity index (χ4n) is 4.09. The zero-order valence-electron chi connectivity index (χ0n) is 17.1. The zero-order chi connectivity index (χ0) is 20.9. The first-order chi connectivity index (χ1) is 14.6. The average Bonchev–Trinajstić information content (AvgIpc) is 3.22. The molecule has 1 aromatic heterocycles. The summed E-state index contributed by atoms with van der Waals surface area (Å²) in [5.74, 6) is 0.606. The van der Waals surface area contributed by atoms with Crippen LogP contribution in [-0.4, -0.2) is 34.2 Å². The second kappa shape index (κ2) is 9.69. The summed E-state index contributed by atoms with van der Waals surface area (Å²) in [7, 11) is 1.68. The van der Waals surface area contributed by atoms with Crippen molar-refractivity contribution in [3.8, 4) is 16.3 Å². The Morgan fingerprint density at radius 3 is 2.67 bits per heavy atom. The van der Waals surface area contributed by atoms with E-state index >= 15 is 0 Å². The molecule has 2 aromatic carbocycles. The normalized spacial score (nSPS) is 19.2. The number of methoxy groups -OCH3 is 1. The average molecular weight is 427 g/mol. The predicted molar refractivity (Wildman–Crippen MR) is 118 cm³/mol. The van der Waals surface area contributed by atoms with Crippen molar-refractivity contribution < 1.29 is 14.2 Å². The number of aliphatic hydroxyl groups is 1. The van der Waals surface area contributed by atoms with Gasteiger partial charge in [0.2, 0.25) is 0 Å². The maximum atomic E-state index is 14.2. The maximum absolute atomic E-state index is 14.2. The highest BCUT2D eigenvalue weighted by Crippen LogP contribution is 2.30. The second-order valence-corrected chi connectivity index (χ2v) is 8.70. The molecule has 30 heavy (non-hydrogen) atoms. The SMILES string of the molecule is COc1cccc(CN(Cc2csc(-c3ccccc3F)n2)C2CCC(O)CC2)c1. The first-order valence-electron chi connectivity index (χ1n) is 10.4. The fourth-order valence-corrected chi connectivity index (χ4v) is 4.93. The van der Waals surface area contributed by atoms with Crippen molar-refractivity contribution in [1.82, 2.24) is 9.88 Å². The highest BCUT2D eigenvalue weighted by Gasteiger charge is 2.26. The van der Waals surface area contributed by atoms with E-state index in [1.165, 1.54) is 23.0 Å². The minimum absolute atomic E-state index is 0.188. The molecule has 1 N–H and O–H groups in total. The summed E-state index contributed by atoms with van der Waals surface area (Å²) in [6.45, 7) is 1.48. The van der Waals surface area contributed by atoms with Crippen molar-refractivity contribution in [1.29, 1.82) is 0 Å². The molecule has 3 aromatic rings. The van der Waals surface area contributed by atoms with Crippen LogP contribution < -0.4 is 4.74 Å². The van der Waals surface area contributed by atoms with E-state index in [0.29, 0.717) is 23.2 Å². The lowest BCUT2D eigenvalue weighted by Gasteiger charge is -2.35. The van der Waals surface area contributed by atoms with E-state index < -0.39 is 0 Å². The molecule has 6 heteroatoms. The molecule has 0 saturated heterocycles. The van der Waals surface area contributed by atoms with Crippen LogP contribution in [0.2, 0.25) is 0 Å². The Morgan fingerprint density at radius 2 is 1.90 bits per heavy atom. The van der Waals surface area contributed by atoms with Crippen molar-refractivity contribution >= 4 is 11.3 Å². The Morgan fingerprint density at radius 1 is 1.10 bits per heavy atom. The van der Waals surface area contributed by atoms with Gasteiger partial charge in [0.05, 0.1) is 18.9 Å². The van der Waals surface area contributed by atoms with Gasteiger partial charge >= 0.3 is 0 Å². The van der Waals surface area contributed by atoms with Crippen LogP contribution in [0.25, 0.3) is 10.6 Å². The molecule has 1 aliphatic carbocycles. The van der Waals surface area contributed by atoms with E-state index in [4.69, 9.17) is 9.72 Å². The van der Waals surface area contributed by atoms with E-state index in [2.05, 4.69) is 17.0 Å². The Balaban J connectivity index is 1.54. The van der Waals surface area contributed by atoms with E-state index in [1.54, 1.807) is 19.2 Å². The standard InChI is InChI=1S/C24H27FN2O2S/c1-29-21-6-4-5-17(13-21)14-27(19-9-11-20(28)12-10-19)15-18-16-30-24(26-18)22-7-2-3-8-23(22)25/h2-8,13,16,19-20,28H,9-12,14-15H2,1H3. The molecule has 1 heterocycles. The van der Waals surface area contributed by atoms with Crippen molar-refractivity contribution in [3.05, 3.63) is 71.0 Å². The summed E-state index contributed by atoms with van der Waals surface area (Å²) in [5, 5.41) is 12.7. The highest BCUT2D eigenvalue weighted by molar-refractivity contribution is 7.13. The van der Waals surface area contributed by atoms with Crippen LogP contribution in [0.15, 0.2) is 53.9 Å². The van der Waals surface area contributed by atoms with Crippen LogP contribution in [0.1, 0.15) is 36.9 Å². The molecule has 0 amide bonds. The molecule has 1 saturated carbocycles. The lowest BCUT2D eigenvalue weighted by molar-refractivity contribution is 0.0661. The lowest BCUT2D eigenvalue weighted by Crippen LogP contribution is -2.38. The summed E-state index contributed by atoms with van der Waals surface area (Å²) in [4.78, 5) is 7.16. The molecule has 158 valence electrons. The Hall–Kier alpha value is -2.28. The summed E-state index contributed by atoms with van der Waals surface area (Å²) in [6.07, 6.45) is 3.41. The van der Waals surface area contributed by atoms with Gasteiger partial charge in [0.15, 0.2) is 0 Å². The number of hydrogen-bond donors (Lipinski definition) is 1. The Kier molecular flexibility index (Phi) is 6.77. The predicted octanol–water partition coefficient (Wildman–Crippen LogP) is 5.26. The van der Waals surface area contributed by atoms with Gasteiger partial charge in [-0.2, -0.15) is 0 Å². The van der Waals surface area contributed by atoms with Crippen LogP contribution in [0.3, 0.4) is 0 Å². The number of aromatic nitrogens is 1. The lowest BCUT2D eigenvalue weighted by atomic mass is 9.91. The Bertz CT molecular complexity index is 969. The molecule has 4 nitrogen and oxygen atoms in total. The number of ether oxygens (including phenoxy) is 1. The molecular formula is C24H27FN2O2S. The number of aliphatic hydroxyl groups excluding tert-OH is 1. The molecule has 0 atom stereocenters. The van der Waals surface area contributed by atoms with E-state index in [-0.39, 0.29) is 11.9 Å². The number of rotatable bonds is 7. The minimum atomic E-state index is -0.243. The van der Waals surface area contributed by atoms with E-state index in [1.807, 2.05) is 23.6 Å². The van der Waals surface area contributed by atoms with Gasteiger partial charge in [-0.1, -0.05) is 24.3 Å². The molecule has 0 radical (unpaired) electrons. The number of hydrogen-bond acceptors (Lipinski definition) is 5. The summed E-state index contributed by atoms with van der Waals surface area (Å²) >= 11 is 1.48. The fraction of sp³-hybridized carbons (Fsp3) is 0.375. The van der Waals surface area contributed by atoms with E-state index in [9.17, 15) is 9.50 Å². The van der Waals surface area contributed by atoms with Gasteiger partial charge in [-0.3, -0.25) is 4.90 Å². The van der Waals surface area contributed by atoms with Gasteiger partial charge < -0.3 is 9.84 Å². The van der Waals surface area contributed by atoms with Gasteiger partial charge in [0.25, 0.3) is 0 Å². The molecule has 0 unspecified atom stereocenters. The van der Waals surface area contributed by atoms with E-state index in [0.717, 1.165) is 43.7 Å². The van der Waals surface area contributed by atoms with Crippen LogP contribution in [-0.2, 0) is 13.1 Å². The van der Waals surface area contributed by atoms with Crippen molar-refractivity contribution in [2.45, 2.75) is 50.9 Å². The van der Waals surface area contributed by atoms with Crippen molar-refractivity contribution in [3.63, 3.8) is 0 Å². The number of benzene rings is 2. The maximum Gasteiger partial charge on any atom is 0.133 e. The number of thiazole rings is 1. The third kappa shape index (κ3) is 5.06. The minimum Gasteiger partial charge on any atom is -0.497 e. The third-order valence-electron chi connectivity index (χ3n) is 5.72. The van der Waals surface area contributed by atoms with Gasteiger partial charge in [0, 0.05) is 30.1 Å². The molecule has 0 bridgehead atoms. The van der Waals surface area contributed by atoms with Crippen LogP contribution in [0.5, 0.6) is 5.75 Å². The van der Waals surface area contributed by atoms with Crippen LogP contribution >= 0.6 is 11.3 Å². The van der Waals surface area contributed by atoms with Gasteiger partial charge in [-0.15, -0.1) is 11.3 Å². The number of nitrogens with zero attached hydrogens (tertiary/aromatic N) is 2. The second-order valence-electron chi connectivity index (χ2n) is 7.84. The largest absolute Gasteiger partial charge is 0.497 e.